The highest BCUT2D eigenvalue weighted by atomic mass is 16.5. The van der Waals surface area contributed by atoms with Crippen LogP contribution in [0, 0.1) is 0 Å². The quantitative estimate of drug-likeness (QED) is 0.534. The number of hydrogen-bond donors (Lipinski definition) is 1. The van der Waals surface area contributed by atoms with E-state index in [1.54, 1.807) is 0 Å². The van der Waals surface area contributed by atoms with Crippen molar-refractivity contribution >= 4 is 11.7 Å². The second kappa shape index (κ2) is 10.4. The Hall–Kier alpha value is -3.11. The Balaban J connectivity index is 1.78. The summed E-state index contributed by atoms with van der Waals surface area (Å²) in [5.41, 5.74) is 4.54. The molecule has 0 saturated heterocycles. The van der Waals surface area contributed by atoms with Crippen molar-refractivity contribution in [1.82, 2.24) is 0 Å². The molecular formula is C25H27NO3. The third kappa shape index (κ3) is 6.19. The van der Waals surface area contributed by atoms with Gasteiger partial charge in [-0.1, -0.05) is 72.8 Å². The van der Waals surface area contributed by atoms with Gasteiger partial charge in [0.2, 0.25) is 0 Å². The van der Waals surface area contributed by atoms with Gasteiger partial charge in [-0.2, -0.15) is 0 Å². The Morgan fingerprint density at radius 1 is 0.828 bits per heavy atom. The fourth-order valence-electron chi connectivity index (χ4n) is 3.32. The molecule has 0 heterocycles. The first-order valence-electron chi connectivity index (χ1n) is 9.92. The van der Waals surface area contributed by atoms with E-state index in [4.69, 9.17) is 4.74 Å². The van der Waals surface area contributed by atoms with Crippen molar-refractivity contribution in [1.29, 1.82) is 0 Å². The van der Waals surface area contributed by atoms with Gasteiger partial charge in [0.05, 0.1) is 0 Å². The molecule has 0 aliphatic carbocycles. The van der Waals surface area contributed by atoms with Gasteiger partial charge in [0.25, 0.3) is 0 Å². The molecule has 1 N–H and O–H groups in total. The normalized spacial score (nSPS) is 11.8. The van der Waals surface area contributed by atoms with Crippen molar-refractivity contribution in [3.8, 4) is 0 Å². The third-order valence-electron chi connectivity index (χ3n) is 4.80. The molecule has 0 amide bonds. The molecule has 0 fully saturated rings. The zero-order valence-electron chi connectivity index (χ0n) is 16.7. The van der Waals surface area contributed by atoms with E-state index in [2.05, 4.69) is 65.6 Å². The Labute approximate surface area is 172 Å². The number of ether oxygens (including phenoxy) is 1. The molecule has 0 aromatic heterocycles. The van der Waals surface area contributed by atoms with E-state index < -0.39 is 12.1 Å². The minimum absolute atomic E-state index is 0.362. The lowest BCUT2D eigenvalue weighted by molar-refractivity contribution is -0.149. The number of nitrogens with zero attached hydrogens (tertiary/aromatic N) is 1. The molecule has 4 heteroatoms. The molecule has 0 spiro atoms. The number of carboxylic acids is 1. The van der Waals surface area contributed by atoms with Crippen LogP contribution in [0.15, 0.2) is 84.9 Å². The van der Waals surface area contributed by atoms with Crippen molar-refractivity contribution in [3.63, 3.8) is 0 Å². The summed E-state index contributed by atoms with van der Waals surface area (Å²) in [4.78, 5) is 13.7. The fraction of sp³-hybridized carbons (Fsp3) is 0.240. The molecular weight excluding hydrogens is 362 g/mol. The summed E-state index contributed by atoms with van der Waals surface area (Å²) < 4.78 is 5.33. The summed E-state index contributed by atoms with van der Waals surface area (Å²) in [5.74, 6) is -0.925. The maximum absolute atomic E-state index is 11.3. The Morgan fingerprint density at radius 3 is 1.79 bits per heavy atom. The van der Waals surface area contributed by atoms with Crippen molar-refractivity contribution in [2.45, 2.75) is 32.5 Å². The van der Waals surface area contributed by atoms with Gasteiger partial charge in [0.15, 0.2) is 6.10 Å². The second-order valence-electron chi connectivity index (χ2n) is 6.98. The molecule has 3 aromatic rings. The number of anilines is 1. The lowest BCUT2D eigenvalue weighted by Crippen LogP contribution is -2.26. The first-order chi connectivity index (χ1) is 14.2. The average molecular weight is 389 g/mol. The van der Waals surface area contributed by atoms with Gasteiger partial charge in [-0.25, -0.2) is 4.79 Å². The van der Waals surface area contributed by atoms with Crippen LogP contribution >= 0.6 is 0 Å². The topological polar surface area (TPSA) is 49.8 Å². The van der Waals surface area contributed by atoms with Crippen LogP contribution < -0.4 is 4.90 Å². The van der Waals surface area contributed by atoms with Crippen molar-refractivity contribution in [3.05, 3.63) is 102 Å². The maximum Gasteiger partial charge on any atom is 0.333 e. The van der Waals surface area contributed by atoms with Crippen molar-refractivity contribution < 1.29 is 14.6 Å². The minimum Gasteiger partial charge on any atom is -0.479 e. The molecule has 0 bridgehead atoms. The van der Waals surface area contributed by atoms with Gasteiger partial charge in [-0.15, -0.1) is 0 Å². The van der Waals surface area contributed by atoms with E-state index in [1.165, 1.54) is 11.1 Å². The number of benzene rings is 3. The largest absolute Gasteiger partial charge is 0.479 e. The molecule has 0 saturated carbocycles. The number of carbonyl (C=O) groups is 1. The first kappa shape index (κ1) is 20.6. The maximum atomic E-state index is 11.3. The molecule has 3 rings (SSSR count). The summed E-state index contributed by atoms with van der Waals surface area (Å²) in [5, 5.41) is 9.30. The minimum atomic E-state index is -0.925. The molecule has 3 aromatic carbocycles. The summed E-state index contributed by atoms with van der Waals surface area (Å²) in [6.07, 6.45) is -0.448. The lowest BCUT2D eigenvalue weighted by atomic mass is 10.1. The van der Waals surface area contributed by atoms with Gasteiger partial charge >= 0.3 is 5.97 Å². The van der Waals surface area contributed by atoms with E-state index in [-0.39, 0.29) is 0 Å². The number of carboxylic acid groups (broad SMARTS) is 1. The average Bonchev–Trinajstić information content (AvgIpc) is 2.75. The SMILES string of the molecule is CCO[C@@H](Cc1ccc(N(Cc2ccccc2)Cc2ccccc2)cc1)C(=O)O. The zero-order chi connectivity index (χ0) is 20.5. The summed E-state index contributed by atoms with van der Waals surface area (Å²) in [7, 11) is 0. The molecule has 0 aliphatic rings. The van der Waals surface area contributed by atoms with E-state index in [1.807, 2.05) is 31.2 Å². The fourth-order valence-corrected chi connectivity index (χ4v) is 3.32. The molecule has 1 atom stereocenters. The summed E-state index contributed by atoms with van der Waals surface area (Å²) in [6.45, 7) is 3.79. The zero-order valence-corrected chi connectivity index (χ0v) is 16.7. The highest BCUT2D eigenvalue weighted by Gasteiger charge is 2.18. The van der Waals surface area contributed by atoms with E-state index in [0.717, 1.165) is 24.3 Å². The van der Waals surface area contributed by atoms with Crippen LogP contribution in [0.2, 0.25) is 0 Å². The second-order valence-corrected chi connectivity index (χ2v) is 6.98. The van der Waals surface area contributed by atoms with Crippen LogP contribution in [0.5, 0.6) is 0 Å². The van der Waals surface area contributed by atoms with Crippen LogP contribution in [0.1, 0.15) is 23.6 Å². The van der Waals surface area contributed by atoms with E-state index in [9.17, 15) is 9.90 Å². The lowest BCUT2D eigenvalue weighted by Gasteiger charge is -2.26. The number of rotatable bonds is 10. The molecule has 0 unspecified atom stereocenters. The summed E-state index contributed by atoms with van der Waals surface area (Å²) >= 11 is 0. The van der Waals surface area contributed by atoms with Gasteiger partial charge in [0, 0.05) is 31.8 Å². The monoisotopic (exact) mass is 389 g/mol. The standard InChI is InChI=1S/C25H27NO3/c1-2-29-24(25(27)28)17-20-13-15-23(16-14-20)26(18-21-9-5-3-6-10-21)19-22-11-7-4-8-12-22/h3-16,24H,2,17-19H2,1H3,(H,27,28)/t24-/m0/s1. The Morgan fingerprint density at radius 2 is 1.34 bits per heavy atom. The van der Waals surface area contributed by atoms with Crippen LogP contribution in [-0.2, 0) is 29.0 Å². The van der Waals surface area contributed by atoms with Crippen LogP contribution in [0.25, 0.3) is 0 Å². The number of hydrogen-bond acceptors (Lipinski definition) is 3. The predicted molar refractivity (Wildman–Crippen MR) is 116 cm³/mol. The number of aliphatic carboxylic acids is 1. The smallest absolute Gasteiger partial charge is 0.333 e. The molecule has 4 nitrogen and oxygen atoms in total. The highest BCUT2D eigenvalue weighted by molar-refractivity contribution is 5.72. The molecule has 0 radical (unpaired) electrons. The van der Waals surface area contributed by atoms with Gasteiger partial charge in [0.1, 0.15) is 0 Å². The first-order valence-corrected chi connectivity index (χ1v) is 9.92. The molecule has 0 aliphatic heterocycles. The predicted octanol–water partition coefficient (Wildman–Crippen LogP) is 4.93. The molecule has 29 heavy (non-hydrogen) atoms. The van der Waals surface area contributed by atoms with E-state index in [0.29, 0.717) is 13.0 Å². The van der Waals surface area contributed by atoms with Crippen LogP contribution in [0.3, 0.4) is 0 Å². The third-order valence-corrected chi connectivity index (χ3v) is 4.80. The van der Waals surface area contributed by atoms with Crippen LogP contribution in [-0.4, -0.2) is 23.8 Å². The van der Waals surface area contributed by atoms with E-state index >= 15 is 0 Å². The van der Waals surface area contributed by atoms with Gasteiger partial charge in [-0.05, 0) is 35.7 Å². The molecule has 150 valence electrons. The van der Waals surface area contributed by atoms with Crippen LogP contribution in [0.4, 0.5) is 5.69 Å². The van der Waals surface area contributed by atoms with Gasteiger partial charge < -0.3 is 14.7 Å². The van der Waals surface area contributed by atoms with Crippen molar-refractivity contribution in [2.24, 2.45) is 0 Å². The van der Waals surface area contributed by atoms with Gasteiger partial charge in [-0.3, -0.25) is 0 Å². The Bertz CT molecular complexity index is 837. The Kier molecular flexibility index (Phi) is 7.42. The summed E-state index contributed by atoms with van der Waals surface area (Å²) in [6, 6.07) is 28.9. The highest BCUT2D eigenvalue weighted by Crippen LogP contribution is 2.22. The van der Waals surface area contributed by atoms with Crippen molar-refractivity contribution in [2.75, 3.05) is 11.5 Å².